The van der Waals surface area contributed by atoms with Gasteiger partial charge in [-0.15, -0.1) is 0 Å². The van der Waals surface area contributed by atoms with Crippen molar-refractivity contribution in [2.75, 3.05) is 44.6 Å². The highest BCUT2D eigenvalue weighted by Crippen LogP contribution is 2.37. The monoisotopic (exact) mass is 647 g/mol. The minimum atomic E-state index is -4.33. The van der Waals surface area contributed by atoms with Crippen molar-refractivity contribution < 1.29 is 36.0 Å². The number of carbonyl (C=O) groups excluding carboxylic acids is 1. The predicted molar refractivity (Wildman–Crippen MR) is 170 cm³/mol. The van der Waals surface area contributed by atoms with E-state index < -0.39 is 28.4 Å². The van der Waals surface area contributed by atoms with Crippen molar-refractivity contribution >= 4 is 33.3 Å². The van der Waals surface area contributed by atoms with Gasteiger partial charge in [0.15, 0.2) is 9.84 Å². The van der Waals surface area contributed by atoms with Gasteiger partial charge in [0, 0.05) is 54.5 Å². The van der Waals surface area contributed by atoms with E-state index in [1.54, 1.807) is 30.3 Å². The van der Waals surface area contributed by atoms with Crippen LogP contribution in [0.15, 0.2) is 46.9 Å². The quantitative estimate of drug-likeness (QED) is 0.312. The van der Waals surface area contributed by atoms with Crippen LogP contribution < -0.4 is 25.6 Å². The molecule has 1 atom stereocenters. The van der Waals surface area contributed by atoms with E-state index >= 15 is 0 Å². The summed E-state index contributed by atoms with van der Waals surface area (Å²) in [5.41, 5.74) is 2.97. The van der Waals surface area contributed by atoms with Crippen LogP contribution in [0.4, 0.5) is 29.3 Å². The number of methoxy groups -OCH3 is 1. The van der Waals surface area contributed by atoms with Crippen molar-refractivity contribution in [3.05, 3.63) is 53.1 Å². The molecule has 0 aliphatic heterocycles. The molecule has 4 rings (SSSR count). The number of urea groups is 1. The van der Waals surface area contributed by atoms with E-state index in [9.17, 15) is 26.4 Å². The first-order valence-electron chi connectivity index (χ1n) is 15.1. The molecule has 8 nitrogen and oxygen atoms in total. The summed E-state index contributed by atoms with van der Waals surface area (Å²) in [4.78, 5) is 14.5. The third-order valence-electron chi connectivity index (χ3n) is 8.40. The number of fused-ring (bicyclic) bond motifs is 1. The van der Waals surface area contributed by atoms with Crippen LogP contribution in [-0.2, 0) is 16.3 Å². The molecule has 1 unspecified atom stereocenters. The first-order valence-corrected chi connectivity index (χ1v) is 17.0. The summed E-state index contributed by atoms with van der Waals surface area (Å²) in [5.74, 6) is 5.64. The lowest BCUT2D eigenvalue weighted by molar-refractivity contribution is -0.887. The van der Waals surface area contributed by atoms with Crippen LogP contribution in [0.25, 0.3) is 6.08 Å². The molecule has 2 aromatic rings. The van der Waals surface area contributed by atoms with Gasteiger partial charge < -0.3 is 25.6 Å². The normalized spacial score (nSPS) is 20.2. The van der Waals surface area contributed by atoms with Gasteiger partial charge in [-0.25, -0.2) is 13.2 Å². The molecule has 2 amide bonds. The number of allylic oxidation sites excluding steroid dienone is 1. The van der Waals surface area contributed by atoms with Gasteiger partial charge in [-0.1, -0.05) is 24.0 Å². The summed E-state index contributed by atoms with van der Waals surface area (Å²) < 4.78 is 69.6. The Kier molecular flexibility index (Phi) is 11.1. The lowest BCUT2D eigenvalue weighted by Gasteiger charge is -2.30. The summed E-state index contributed by atoms with van der Waals surface area (Å²) >= 11 is 0. The first-order chi connectivity index (χ1) is 21.2. The highest BCUT2D eigenvalue weighted by atomic mass is 32.2. The van der Waals surface area contributed by atoms with Crippen molar-refractivity contribution in [3.63, 3.8) is 0 Å². The van der Waals surface area contributed by atoms with Gasteiger partial charge in [0.05, 0.1) is 44.4 Å². The van der Waals surface area contributed by atoms with Gasteiger partial charge in [-0.3, -0.25) is 0 Å². The standard InChI is InChI=1S/C33H41F3N4O4S/c1-40(2)26-12-10-25(11-13-26)38-32(41)39-29-9-5-8-24-18-23(21-33(34,35)36)17-22(19-28(24)29)7-6-16-37-30-15-14-27(45(4,42)43)20-31(30)44-3/h5,8-9,14-15,19-20,23,25-26,37H,10-13,16-18,21H2,1-4H3,(H2,38,39,41)/p+1. The number of quaternary nitrogens is 1. The maximum atomic E-state index is 13.5. The number of carbonyl (C=O) groups is 1. The molecular weight excluding hydrogens is 605 g/mol. The van der Waals surface area contributed by atoms with Gasteiger partial charge >= 0.3 is 12.2 Å². The average Bonchev–Trinajstić information content (AvgIpc) is 3.13. The second-order valence-corrected chi connectivity index (χ2v) is 14.2. The molecule has 0 spiro atoms. The molecule has 12 heteroatoms. The minimum Gasteiger partial charge on any atom is -0.495 e. The number of nitrogens with one attached hydrogen (secondary N) is 4. The zero-order chi connectivity index (χ0) is 32.8. The fraction of sp³-hybridized carbons (Fsp3) is 0.485. The Morgan fingerprint density at radius 1 is 1.07 bits per heavy atom. The zero-order valence-electron chi connectivity index (χ0n) is 26.1. The van der Waals surface area contributed by atoms with Gasteiger partial charge in [0.2, 0.25) is 0 Å². The number of hydrogen-bond donors (Lipinski definition) is 4. The van der Waals surface area contributed by atoms with Crippen LogP contribution in [0, 0.1) is 17.8 Å². The first kappa shape index (κ1) is 34.2. The highest BCUT2D eigenvalue weighted by Gasteiger charge is 2.33. The van der Waals surface area contributed by atoms with Crippen molar-refractivity contribution in [1.82, 2.24) is 5.32 Å². The molecule has 2 aliphatic carbocycles. The summed E-state index contributed by atoms with van der Waals surface area (Å²) in [7, 11) is 2.30. The second-order valence-electron chi connectivity index (χ2n) is 12.2. The fourth-order valence-electron chi connectivity index (χ4n) is 6.06. The van der Waals surface area contributed by atoms with Gasteiger partial charge in [0.25, 0.3) is 0 Å². The van der Waals surface area contributed by atoms with Crippen LogP contribution in [-0.4, -0.2) is 66.7 Å². The molecule has 45 heavy (non-hydrogen) atoms. The van der Waals surface area contributed by atoms with E-state index in [-0.39, 0.29) is 36.4 Å². The molecule has 0 heterocycles. The minimum absolute atomic E-state index is 0.0738. The number of ether oxygens (including phenoxy) is 1. The molecule has 0 saturated heterocycles. The lowest BCUT2D eigenvalue weighted by atomic mass is 9.90. The van der Waals surface area contributed by atoms with E-state index in [1.165, 1.54) is 24.1 Å². The molecule has 2 aromatic carbocycles. The Labute approximate surface area is 263 Å². The summed E-state index contributed by atoms with van der Waals surface area (Å²) in [5, 5.41) is 9.09. The molecule has 0 radical (unpaired) electrons. The van der Waals surface area contributed by atoms with Crippen LogP contribution >= 0.6 is 0 Å². The van der Waals surface area contributed by atoms with Crippen molar-refractivity contribution in [2.24, 2.45) is 5.92 Å². The number of alkyl halides is 3. The topological polar surface area (TPSA) is 101 Å². The second kappa shape index (κ2) is 14.6. The lowest BCUT2D eigenvalue weighted by Crippen LogP contribution is -3.10. The number of hydrogen-bond acceptors (Lipinski definition) is 5. The highest BCUT2D eigenvalue weighted by molar-refractivity contribution is 7.90. The van der Waals surface area contributed by atoms with E-state index in [1.807, 2.05) is 0 Å². The molecular formula is C33H42F3N4O4S+. The van der Waals surface area contributed by atoms with Gasteiger partial charge in [-0.05, 0) is 61.4 Å². The van der Waals surface area contributed by atoms with Crippen LogP contribution in [0.5, 0.6) is 5.75 Å². The van der Waals surface area contributed by atoms with Gasteiger partial charge in [0.1, 0.15) is 5.75 Å². The summed E-state index contributed by atoms with van der Waals surface area (Å²) in [6.07, 6.45) is 1.82. The predicted octanol–water partition coefficient (Wildman–Crippen LogP) is 4.69. The number of rotatable bonds is 8. The van der Waals surface area contributed by atoms with Crippen LogP contribution in [0.2, 0.25) is 0 Å². The molecule has 0 bridgehead atoms. The Balaban J connectivity index is 1.52. The maximum Gasteiger partial charge on any atom is 0.389 e. The maximum absolute atomic E-state index is 13.5. The third kappa shape index (κ3) is 9.90. The summed E-state index contributed by atoms with van der Waals surface area (Å²) in [6.45, 7) is 0.141. The molecule has 4 N–H and O–H groups in total. The smallest absolute Gasteiger partial charge is 0.389 e. The van der Waals surface area contributed by atoms with Crippen molar-refractivity contribution in [1.29, 1.82) is 0 Å². The van der Waals surface area contributed by atoms with Crippen LogP contribution in [0.1, 0.15) is 49.7 Å². The SMILES string of the molecule is COc1cc(S(C)(=O)=O)ccc1NCC#CC1=Cc2c(cccc2NC(=O)NC2CCC([NH+](C)C)CC2)CC(CC(F)(F)F)C1. The Hall–Kier alpha value is -3.69. The molecule has 244 valence electrons. The largest absolute Gasteiger partial charge is 0.495 e. The number of sulfone groups is 1. The molecule has 1 fully saturated rings. The van der Waals surface area contributed by atoms with Crippen LogP contribution in [0.3, 0.4) is 0 Å². The van der Waals surface area contributed by atoms with E-state index in [2.05, 4.69) is 41.9 Å². The number of halogens is 3. The molecule has 2 aliphatic rings. The van der Waals surface area contributed by atoms with Gasteiger partial charge in [-0.2, -0.15) is 13.2 Å². The molecule has 0 aromatic heterocycles. The Morgan fingerprint density at radius 2 is 1.80 bits per heavy atom. The Morgan fingerprint density at radius 3 is 2.44 bits per heavy atom. The number of amides is 2. The number of benzene rings is 2. The zero-order valence-corrected chi connectivity index (χ0v) is 26.9. The fourth-order valence-corrected chi connectivity index (χ4v) is 6.70. The summed E-state index contributed by atoms with van der Waals surface area (Å²) in [6, 6.07) is 10.1. The number of anilines is 2. The van der Waals surface area contributed by atoms with E-state index in [0.29, 0.717) is 34.3 Å². The average molecular weight is 648 g/mol. The Bertz CT molecular complexity index is 1570. The van der Waals surface area contributed by atoms with Crippen molar-refractivity contribution in [3.8, 4) is 17.6 Å². The third-order valence-corrected chi connectivity index (χ3v) is 9.51. The van der Waals surface area contributed by atoms with Crippen molar-refractivity contribution in [2.45, 2.75) is 68.1 Å². The van der Waals surface area contributed by atoms with E-state index in [0.717, 1.165) is 37.5 Å². The van der Waals surface area contributed by atoms with E-state index in [4.69, 9.17) is 4.74 Å². The molecule has 1 saturated carbocycles.